The van der Waals surface area contributed by atoms with Crippen LogP contribution < -0.4 is 5.73 Å². The normalized spacial score (nSPS) is 10.2. The van der Waals surface area contributed by atoms with Crippen LogP contribution in [0.25, 0.3) is 0 Å². The third kappa shape index (κ3) is 9.10. The number of carbonyl (C=O) groups excluding carboxylic acids is 1. The first kappa shape index (κ1) is 16.4. The topological polar surface area (TPSA) is 46.3 Å². The van der Waals surface area contributed by atoms with Gasteiger partial charge in [-0.25, -0.2) is 0 Å². The van der Waals surface area contributed by atoms with Crippen molar-refractivity contribution in [1.29, 1.82) is 0 Å². The molecule has 0 spiro atoms. The lowest BCUT2D eigenvalue weighted by Crippen LogP contribution is -2.34. The maximum Gasteiger partial charge on any atom is 0.222 e. The summed E-state index contributed by atoms with van der Waals surface area (Å²) in [4.78, 5) is 14.3. The van der Waals surface area contributed by atoms with E-state index in [1.165, 1.54) is 19.3 Å². The standard InChI is InChI=1S/C13H26N2OS/c1-3-5-6-7-10-15(11-9-12(14)17)13(16)8-4-2/h3-11H2,1-2H3,(H2,14,17). The number of rotatable bonds is 10. The third-order valence-corrected chi connectivity index (χ3v) is 2.93. The molecule has 0 aromatic rings. The van der Waals surface area contributed by atoms with Gasteiger partial charge in [0, 0.05) is 25.9 Å². The van der Waals surface area contributed by atoms with Crippen molar-refractivity contribution >= 4 is 23.1 Å². The van der Waals surface area contributed by atoms with Crippen molar-refractivity contribution in [2.24, 2.45) is 5.73 Å². The van der Waals surface area contributed by atoms with E-state index in [1.54, 1.807) is 0 Å². The van der Waals surface area contributed by atoms with E-state index in [2.05, 4.69) is 6.92 Å². The van der Waals surface area contributed by atoms with Crippen molar-refractivity contribution in [3.63, 3.8) is 0 Å². The van der Waals surface area contributed by atoms with Crippen LogP contribution in [0.4, 0.5) is 0 Å². The minimum atomic E-state index is 0.236. The number of carbonyl (C=O) groups is 1. The molecule has 0 aromatic heterocycles. The fourth-order valence-electron chi connectivity index (χ4n) is 1.71. The van der Waals surface area contributed by atoms with Gasteiger partial charge in [0.15, 0.2) is 0 Å². The number of hydrogen-bond donors (Lipinski definition) is 1. The number of nitrogens with two attached hydrogens (primary N) is 1. The van der Waals surface area contributed by atoms with Gasteiger partial charge in [-0.05, 0) is 12.8 Å². The van der Waals surface area contributed by atoms with Gasteiger partial charge < -0.3 is 10.6 Å². The van der Waals surface area contributed by atoms with E-state index in [1.807, 2.05) is 11.8 Å². The maximum absolute atomic E-state index is 11.9. The molecule has 0 aliphatic rings. The largest absolute Gasteiger partial charge is 0.393 e. The molecule has 0 aliphatic carbocycles. The minimum absolute atomic E-state index is 0.236. The highest BCUT2D eigenvalue weighted by Crippen LogP contribution is 2.05. The molecular weight excluding hydrogens is 232 g/mol. The summed E-state index contributed by atoms with van der Waals surface area (Å²) in [6.45, 7) is 5.75. The number of amides is 1. The number of thiocarbonyl (C=S) groups is 1. The monoisotopic (exact) mass is 258 g/mol. The number of unbranched alkanes of at least 4 members (excludes halogenated alkanes) is 3. The Bertz CT molecular complexity index is 231. The average molecular weight is 258 g/mol. The van der Waals surface area contributed by atoms with Gasteiger partial charge in [-0.15, -0.1) is 0 Å². The molecule has 0 atom stereocenters. The second-order valence-electron chi connectivity index (χ2n) is 4.41. The summed E-state index contributed by atoms with van der Waals surface area (Å²) < 4.78 is 0. The molecule has 100 valence electrons. The van der Waals surface area contributed by atoms with Crippen molar-refractivity contribution in [3.05, 3.63) is 0 Å². The maximum atomic E-state index is 11.9. The molecule has 17 heavy (non-hydrogen) atoms. The second kappa shape index (κ2) is 10.5. The van der Waals surface area contributed by atoms with Crippen molar-refractivity contribution in [1.82, 2.24) is 4.90 Å². The van der Waals surface area contributed by atoms with Crippen LogP contribution in [0.3, 0.4) is 0 Å². The van der Waals surface area contributed by atoms with Gasteiger partial charge in [-0.1, -0.05) is 45.3 Å². The summed E-state index contributed by atoms with van der Waals surface area (Å²) in [5.74, 6) is 0.236. The summed E-state index contributed by atoms with van der Waals surface area (Å²) in [5.41, 5.74) is 5.48. The molecule has 0 radical (unpaired) electrons. The zero-order valence-electron chi connectivity index (χ0n) is 11.2. The van der Waals surface area contributed by atoms with Crippen LogP contribution in [-0.2, 0) is 4.79 Å². The molecule has 4 heteroatoms. The van der Waals surface area contributed by atoms with E-state index >= 15 is 0 Å². The van der Waals surface area contributed by atoms with Crippen LogP contribution in [-0.4, -0.2) is 28.9 Å². The molecule has 1 amide bonds. The van der Waals surface area contributed by atoms with Gasteiger partial charge in [0.05, 0.1) is 4.99 Å². The summed E-state index contributed by atoms with van der Waals surface area (Å²) >= 11 is 4.86. The van der Waals surface area contributed by atoms with Gasteiger partial charge in [0.1, 0.15) is 0 Å². The van der Waals surface area contributed by atoms with Crippen LogP contribution in [0.5, 0.6) is 0 Å². The molecule has 0 saturated heterocycles. The highest BCUT2D eigenvalue weighted by atomic mass is 32.1. The van der Waals surface area contributed by atoms with Gasteiger partial charge in [-0.2, -0.15) is 0 Å². The molecule has 0 unspecified atom stereocenters. The molecule has 0 aliphatic heterocycles. The Labute approximate surface area is 111 Å². The van der Waals surface area contributed by atoms with E-state index in [0.717, 1.165) is 19.4 Å². The zero-order chi connectivity index (χ0) is 13.1. The predicted molar refractivity (Wildman–Crippen MR) is 77.0 cm³/mol. The Kier molecular flexibility index (Phi) is 10.1. The van der Waals surface area contributed by atoms with Crippen LogP contribution in [0.1, 0.15) is 58.8 Å². The fraction of sp³-hybridized carbons (Fsp3) is 0.846. The van der Waals surface area contributed by atoms with Crippen LogP contribution in [0.2, 0.25) is 0 Å². The molecule has 0 heterocycles. The van der Waals surface area contributed by atoms with Crippen molar-refractivity contribution in [2.45, 2.75) is 58.8 Å². The Balaban J connectivity index is 4.00. The first-order chi connectivity index (χ1) is 8.11. The zero-order valence-corrected chi connectivity index (χ0v) is 12.0. The Morgan fingerprint density at radius 1 is 1.06 bits per heavy atom. The van der Waals surface area contributed by atoms with Gasteiger partial charge in [0.2, 0.25) is 5.91 Å². The van der Waals surface area contributed by atoms with Gasteiger partial charge in [0.25, 0.3) is 0 Å². The summed E-state index contributed by atoms with van der Waals surface area (Å²) in [6.07, 6.45) is 6.90. The van der Waals surface area contributed by atoms with Crippen molar-refractivity contribution in [2.75, 3.05) is 13.1 Å². The Hall–Kier alpha value is -0.640. The average Bonchev–Trinajstić information content (AvgIpc) is 2.28. The number of hydrogen-bond acceptors (Lipinski definition) is 2. The minimum Gasteiger partial charge on any atom is -0.393 e. The molecular formula is C13H26N2OS. The van der Waals surface area contributed by atoms with E-state index in [0.29, 0.717) is 24.4 Å². The molecule has 0 fully saturated rings. The lowest BCUT2D eigenvalue weighted by Gasteiger charge is -2.22. The fourth-order valence-corrected chi connectivity index (χ4v) is 1.80. The van der Waals surface area contributed by atoms with E-state index in [-0.39, 0.29) is 5.91 Å². The van der Waals surface area contributed by atoms with Crippen LogP contribution in [0, 0.1) is 0 Å². The summed E-state index contributed by atoms with van der Waals surface area (Å²) in [5, 5.41) is 0. The third-order valence-electron chi connectivity index (χ3n) is 2.73. The van der Waals surface area contributed by atoms with Gasteiger partial charge >= 0.3 is 0 Å². The van der Waals surface area contributed by atoms with Crippen LogP contribution >= 0.6 is 12.2 Å². The Morgan fingerprint density at radius 3 is 2.29 bits per heavy atom. The molecule has 0 rings (SSSR count). The lowest BCUT2D eigenvalue weighted by molar-refractivity contribution is -0.131. The SMILES string of the molecule is CCCCCCN(CCC(N)=S)C(=O)CCC. The summed E-state index contributed by atoms with van der Waals surface area (Å²) in [6, 6.07) is 0. The molecule has 0 bridgehead atoms. The first-order valence-electron chi connectivity index (χ1n) is 6.67. The Morgan fingerprint density at radius 2 is 1.76 bits per heavy atom. The van der Waals surface area contributed by atoms with E-state index < -0.39 is 0 Å². The van der Waals surface area contributed by atoms with Crippen molar-refractivity contribution < 1.29 is 4.79 Å². The molecule has 2 N–H and O–H groups in total. The molecule has 3 nitrogen and oxygen atoms in total. The molecule has 0 aromatic carbocycles. The quantitative estimate of drug-likeness (QED) is 0.484. The molecule has 0 saturated carbocycles. The highest BCUT2D eigenvalue weighted by molar-refractivity contribution is 7.80. The highest BCUT2D eigenvalue weighted by Gasteiger charge is 2.11. The predicted octanol–water partition coefficient (Wildman–Crippen LogP) is 2.87. The van der Waals surface area contributed by atoms with E-state index in [4.69, 9.17) is 18.0 Å². The smallest absolute Gasteiger partial charge is 0.222 e. The van der Waals surface area contributed by atoms with Gasteiger partial charge in [-0.3, -0.25) is 4.79 Å². The van der Waals surface area contributed by atoms with Crippen molar-refractivity contribution in [3.8, 4) is 0 Å². The van der Waals surface area contributed by atoms with E-state index in [9.17, 15) is 4.79 Å². The lowest BCUT2D eigenvalue weighted by atomic mass is 10.2. The second-order valence-corrected chi connectivity index (χ2v) is 4.93. The first-order valence-corrected chi connectivity index (χ1v) is 7.08. The number of nitrogens with zero attached hydrogens (tertiary/aromatic N) is 1. The van der Waals surface area contributed by atoms with Crippen LogP contribution in [0.15, 0.2) is 0 Å². The summed E-state index contributed by atoms with van der Waals surface area (Å²) in [7, 11) is 0.